The predicted octanol–water partition coefficient (Wildman–Crippen LogP) is 3.04. The first-order valence-corrected chi connectivity index (χ1v) is 6.15. The highest BCUT2D eigenvalue weighted by Gasteiger charge is 2.30. The molecule has 19 heavy (non-hydrogen) atoms. The van der Waals surface area contributed by atoms with Gasteiger partial charge in [-0.05, 0) is 24.6 Å². The van der Waals surface area contributed by atoms with Crippen LogP contribution in [-0.2, 0) is 9.53 Å². The van der Waals surface area contributed by atoms with Crippen LogP contribution in [-0.4, -0.2) is 11.9 Å². The van der Waals surface area contributed by atoms with E-state index in [1.54, 1.807) is 0 Å². The Kier molecular flexibility index (Phi) is 2.88. The van der Waals surface area contributed by atoms with Crippen LogP contribution in [0.25, 0.3) is 0 Å². The molecule has 2 aromatic rings. The van der Waals surface area contributed by atoms with Gasteiger partial charge >= 0.3 is 5.97 Å². The maximum Gasteiger partial charge on any atom is 0.342 e. The van der Waals surface area contributed by atoms with Gasteiger partial charge in [-0.15, -0.1) is 0 Å². The SMILES string of the molecule is Cc1ccc(C2=N[C@H](c3ccccc3)C(=O)O2)cc1. The molecule has 3 rings (SSSR count). The number of benzene rings is 2. The van der Waals surface area contributed by atoms with E-state index in [1.807, 2.05) is 61.5 Å². The molecule has 3 nitrogen and oxygen atoms in total. The zero-order chi connectivity index (χ0) is 13.2. The van der Waals surface area contributed by atoms with Gasteiger partial charge in [0.15, 0.2) is 6.04 Å². The number of esters is 1. The van der Waals surface area contributed by atoms with Crippen LogP contribution in [0.4, 0.5) is 0 Å². The second kappa shape index (κ2) is 4.69. The van der Waals surface area contributed by atoms with Crippen molar-refractivity contribution in [3.05, 3.63) is 71.3 Å². The Hall–Kier alpha value is -2.42. The average molecular weight is 251 g/mol. The Morgan fingerprint density at radius 2 is 1.68 bits per heavy atom. The normalized spacial score (nSPS) is 18.1. The van der Waals surface area contributed by atoms with E-state index in [4.69, 9.17) is 4.74 Å². The maximum absolute atomic E-state index is 11.9. The van der Waals surface area contributed by atoms with Crippen LogP contribution < -0.4 is 0 Å². The number of rotatable bonds is 2. The molecule has 0 bridgehead atoms. The summed E-state index contributed by atoms with van der Waals surface area (Å²) in [5.41, 5.74) is 2.85. The van der Waals surface area contributed by atoms with Crippen LogP contribution in [0.3, 0.4) is 0 Å². The van der Waals surface area contributed by atoms with Crippen molar-refractivity contribution in [1.29, 1.82) is 0 Å². The molecule has 1 aliphatic heterocycles. The Morgan fingerprint density at radius 1 is 1.00 bits per heavy atom. The van der Waals surface area contributed by atoms with Crippen molar-refractivity contribution >= 4 is 11.9 Å². The fraction of sp³-hybridized carbons (Fsp3) is 0.125. The third-order valence-corrected chi connectivity index (χ3v) is 3.08. The number of nitrogens with zero attached hydrogens (tertiary/aromatic N) is 1. The van der Waals surface area contributed by atoms with Crippen LogP contribution in [0, 0.1) is 6.92 Å². The van der Waals surface area contributed by atoms with Crippen molar-refractivity contribution in [2.45, 2.75) is 13.0 Å². The Labute approximate surface area is 111 Å². The molecular formula is C16H13NO2. The number of cyclic esters (lactones) is 1. The lowest BCUT2D eigenvalue weighted by Gasteiger charge is -2.01. The molecule has 94 valence electrons. The molecule has 1 atom stereocenters. The summed E-state index contributed by atoms with van der Waals surface area (Å²) in [7, 11) is 0. The van der Waals surface area contributed by atoms with E-state index in [1.165, 1.54) is 0 Å². The highest BCUT2D eigenvalue weighted by atomic mass is 16.6. The number of aliphatic imine (C=N–C) groups is 1. The number of aryl methyl sites for hydroxylation is 1. The number of hydrogen-bond acceptors (Lipinski definition) is 3. The molecule has 1 heterocycles. The summed E-state index contributed by atoms with van der Waals surface area (Å²) in [6, 6.07) is 16.7. The summed E-state index contributed by atoms with van der Waals surface area (Å²) in [6.45, 7) is 2.01. The van der Waals surface area contributed by atoms with Gasteiger partial charge in [-0.2, -0.15) is 0 Å². The fourth-order valence-corrected chi connectivity index (χ4v) is 2.02. The van der Waals surface area contributed by atoms with Gasteiger partial charge < -0.3 is 4.74 Å². The third-order valence-electron chi connectivity index (χ3n) is 3.08. The van der Waals surface area contributed by atoms with Crippen LogP contribution in [0.1, 0.15) is 22.7 Å². The topological polar surface area (TPSA) is 38.7 Å². The zero-order valence-electron chi connectivity index (χ0n) is 10.5. The third kappa shape index (κ3) is 2.27. The first kappa shape index (κ1) is 11.7. The van der Waals surface area contributed by atoms with Crippen molar-refractivity contribution < 1.29 is 9.53 Å². The van der Waals surface area contributed by atoms with Gasteiger partial charge in [0.25, 0.3) is 0 Å². The summed E-state index contributed by atoms with van der Waals surface area (Å²) >= 11 is 0. The Bertz CT molecular complexity index is 630. The number of ether oxygens (including phenoxy) is 1. The van der Waals surface area contributed by atoms with Crippen molar-refractivity contribution in [3.63, 3.8) is 0 Å². The van der Waals surface area contributed by atoms with E-state index in [2.05, 4.69) is 4.99 Å². The number of carbonyl (C=O) groups excluding carboxylic acids is 1. The summed E-state index contributed by atoms with van der Waals surface area (Å²) in [5.74, 6) is 0.0839. The number of carbonyl (C=O) groups is 1. The quantitative estimate of drug-likeness (QED) is 0.769. The van der Waals surface area contributed by atoms with Crippen LogP contribution >= 0.6 is 0 Å². The average Bonchev–Trinajstić information content (AvgIpc) is 2.83. The first-order chi connectivity index (χ1) is 9.24. The van der Waals surface area contributed by atoms with Gasteiger partial charge in [0, 0.05) is 5.56 Å². The van der Waals surface area contributed by atoms with Gasteiger partial charge in [0.1, 0.15) is 0 Å². The standard InChI is InChI=1S/C16H13NO2/c1-11-7-9-13(10-8-11)15-17-14(16(18)19-15)12-5-3-2-4-6-12/h2-10,14H,1H3/t14-/m1/s1. The van der Waals surface area contributed by atoms with Crippen molar-refractivity contribution in [3.8, 4) is 0 Å². The first-order valence-electron chi connectivity index (χ1n) is 6.15. The van der Waals surface area contributed by atoms with E-state index in [-0.39, 0.29) is 5.97 Å². The summed E-state index contributed by atoms with van der Waals surface area (Å²) < 4.78 is 5.27. The molecule has 0 aliphatic carbocycles. The minimum absolute atomic E-state index is 0.318. The molecule has 1 aliphatic rings. The largest absolute Gasteiger partial charge is 0.405 e. The Balaban J connectivity index is 1.93. The molecule has 2 aromatic carbocycles. The summed E-state index contributed by atoms with van der Waals surface area (Å²) in [4.78, 5) is 16.3. The van der Waals surface area contributed by atoms with Crippen LogP contribution in [0.2, 0.25) is 0 Å². The molecule has 0 N–H and O–H groups in total. The van der Waals surface area contributed by atoms with Gasteiger partial charge in [-0.25, -0.2) is 9.79 Å². The number of hydrogen-bond donors (Lipinski definition) is 0. The van der Waals surface area contributed by atoms with Gasteiger partial charge in [-0.1, -0.05) is 48.0 Å². The maximum atomic E-state index is 11.9. The molecule has 0 saturated carbocycles. The molecule has 0 radical (unpaired) electrons. The van der Waals surface area contributed by atoms with E-state index >= 15 is 0 Å². The fourth-order valence-electron chi connectivity index (χ4n) is 2.02. The molecular weight excluding hydrogens is 238 g/mol. The van der Waals surface area contributed by atoms with E-state index in [0.717, 1.165) is 16.7 Å². The van der Waals surface area contributed by atoms with Crippen LogP contribution in [0.15, 0.2) is 59.6 Å². The lowest BCUT2D eigenvalue weighted by atomic mass is 10.1. The van der Waals surface area contributed by atoms with Crippen molar-refractivity contribution in [2.75, 3.05) is 0 Å². The highest BCUT2D eigenvalue weighted by molar-refractivity contribution is 6.06. The highest BCUT2D eigenvalue weighted by Crippen LogP contribution is 2.26. The van der Waals surface area contributed by atoms with Gasteiger partial charge in [0.05, 0.1) is 0 Å². The van der Waals surface area contributed by atoms with E-state index < -0.39 is 6.04 Å². The second-order valence-corrected chi connectivity index (χ2v) is 4.53. The molecule has 0 spiro atoms. The van der Waals surface area contributed by atoms with Gasteiger partial charge in [0.2, 0.25) is 5.90 Å². The Morgan fingerprint density at radius 3 is 2.37 bits per heavy atom. The molecule has 0 amide bonds. The summed E-state index contributed by atoms with van der Waals surface area (Å²) in [5, 5.41) is 0. The monoisotopic (exact) mass is 251 g/mol. The second-order valence-electron chi connectivity index (χ2n) is 4.53. The van der Waals surface area contributed by atoms with E-state index in [9.17, 15) is 4.79 Å². The van der Waals surface area contributed by atoms with Crippen molar-refractivity contribution in [1.82, 2.24) is 0 Å². The minimum Gasteiger partial charge on any atom is -0.405 e. The lowest BCUT2D eigenvalue weighted by molar-refractivity contribution is -0.135. The van der Waals surface area contributed by atoms with Gasteiger partial charge in [-0.3, -0.25) is 0 Å². The molecule has 0 fully saturated rings. The molecule has 3 heteroatoms. The lowest BCUT2D eigenvalue weighted by Crippen LogP contribution is -2.08. The molecule has 0 saturated heterocycles. The smallest absolute Gasteiger partial charge is 0.342 e. The summed E-state index contributed by atoms with van der Waals surface area (Å²) in [6.07, 6.45) is 0. The van der Waals surface area contributed by atoms with Crippen molar-refractivity contribution in [2.24, 2.45) is 4.99 Å². The zero-order valence-corrected chi connectivity index (χ0v) is 10.5. The molecule has 0 unspecified atom stereocenters. The molecule has 0 aromatic heterocycles. The van der Waals surface area contributed by atoms with Crippen LogP contribution in [0.5, 0.6) is 0 Å². The van der Waals surface area contributed by atoms with E-state index in [0.29, 0.717) is 5.90 Å². The minimum atomic E-state index is -0.544. The predicted molar refractivity (Wildman–Crippen MR) is 73.0 cm³/mol.